The van der Waals surface area contributed by atoms with Crippen LogP contribution in [0.5, 0.6) is 0 Å². The lowest BCUT2D eigenvalue weighted by molar-refractivity contribution is 0.0886. The molecule has 1 amide bonds. The quantitative estimate of drug-likeness (QED) is 0.743. The number of nitrogens with zero attached hydrogens (tertiary/aromatic N) is 2. The van der Waals surface area contributed by atoms with Crippen molar-refractivity contribution in [3.63, 3.8) is 0 Å². The third kappa shape index (κ3) is 3.53. The molecule has 0 aliphatic heterocycles. The molecule has 0 bridgehead atoms. The van der Waals surface area contributed by atoms with Crippen LogP contribution in [0.15, 0.2) is 0 Å². The molecule has 18 heavy (non-hydrogen) atoms. The second-order valence-corrected chi connectivity index (χ2v) is 5.76. The van der Waals surface area contributed by atoms with Gasteiger partial charge in [0.2, 0.25) is 5.82 Å². The standard InChI is InChI=1S/C12H22N4O2/c1-7(2)8(6-17)13-10(18)9-14-11(16-15-9)12(3,4)5/h7-8,17H,6H2,1-5H3,(H,13,18)(H,14,15,16)/t8-/m1/s1. The van der Waals surface area contributed by atoms with E-state index in [4.69, 9.17) is 5.11 Å². The summed E-state index contributed by atoms with van der Waals surface area (Å²) in [7, 11) is 0. The van der Waals surface area contributed by atoms with Crippen LogP contribution in [0.3, 0.4) is 0 Å². The van der Waals surface area contributed by atoms with E-state index in [1.54, 1.807) is 0 Å². The summed E-state index contributed by atoms with van der Waals surface area (Å²) in [6, 6.07) is -0.283. The smallest absolute Gasteiger partial charge is 0.291 e. The number of aromatic amines is 1. The molecule has 6 heteroatoms. The Kier molecular flexibility index (Phi) is 4.45. The van der Waals surface area contributed by atoms with Gasteiger partial charge in [0, 0.05) is 5.41 Å². The monoisotopic (exact) mass is 254 g/mol. The van der Waals surface area contributed by atoms with Crippen molar-refractivity contribution in [2.45, 2.75) is 46.1 Å². The third-order valence-electron chi connectivity index (χ3n) is 2.72. The molecule has 0 radical (unpaired) electrons. The lowest BCUT2D eigenvalue weighted by Gasteiger charge is -2.18. The van der Waals surface area contributed by atoms with Crippen molar-refractivity contribution in [3.05, 3.63) is 11.6 Å². The van der Waals surface area contributed by atoms with Crippen molar-refractivity contribution in [3.8, 4) is 0 Å². The van der Waals surface area contributed by atoms with Gasteiger partial charge in [-0.15, -0.1) is 5.10 Å². The van der Waals surface area contributed by atoms with Gasteiger partial charge in [0.15, 0.2) is 0 Å². The van der Waals surface area contributed by atoms with E-state index < -0.39 is 0 Å². The normalized spacial score (nSPS) is 13.7. The van der Waals surface area contributed by atoms with E-state index in [0.29, 0.717) is 5.82 Å². The van der Waals surface area contributed by atoms with Crippen LogP contribution in [0, 0.1) is 5.92 Å². The Hall–Kier alpha value is -1.43. The highest BCUT2D eigenvalue weighted by Crippen LogP contribution is 2.17. The first-order chi connectivity index (χ1) is 8.25. The predicted molar refractivity (Wildman–Crippen MR) is 68.3 cm³/mol. The summed E-state index contributed by atoms with van der Waals surface area (Å²) in [6.07, 6.45) is 0. The van der Waals surface area contributed by atoms with E-state index in [2.05, 4.69) is 20.5 Å². The van der Waals surface area contributed by atoms with E-state index in [1.807, 2.05) is 34.6 Å². The fraction of sp³-hybridized carbons (Fsp3) is 0.750. The van der Waals surface area contributed by atoms with Gasteiger partial charge < -0.3 is 10.4 Å². The number of aromatic nitrogens is 3. The van der Waals surface area contributed by atoms with Gasteiger partial charge in [0.25, 0.3) is 5.91 Å². The van der Waals surface area contributed by atoms with Crippen LogP contribution < -0.4 is 5.32 Å². The van der Waals surface area contributed by atoms with Crippen molar-refractivity contribution in [1.82, 2.24) is 20.5 Å². The van der Waals surface area contributed by atoms with Crippen LogP contribution in [0.4, 0.5) is 0 Å². The van der Waals surface area contributed by atoms with Crippen molar-refractivity contribution >= 4 is 5.91 Å². The zero-order valence-corrected chi connectivity index (χ0v) is 11.6. The number of H-pyrrole nitrogens is 1. The van der Waals surface area contributed by atoms with Crippen LogP contribution in [0.25, 0.3) is 0 Å². The van der Waals surface area contributed by atoms with E-state index >= 15 is 0 Å². The Morgan fingerprint density at radius 3 is 2.44 bits per heavy atom. The minimum Gasteiger partial charge on any atom is -0.394 e. The number of carbonyl (C=O) groups excluding carboxylic acids is 1. The van der Waals surface area contributed by atoms with Gasteiger partial charge in [0.05, 0.1) is 12.6 Å². The van der Waals surface area contributed by atoms with Gasteiger partial charge in [-0.1, -0.05) is 34.6 Å². The summed E-state index contributed by atoms with van der Waals surface area (Å²) >= 11 is 0. The first kappa shape index (κ1) is 14.6. The minimum absolute atomic E-state index is 0.0973. The second-order valence-electron chi connectivity index (χ2n) is 5.76. The van der Waals surface area contributed by atoms with Gasteiger partial charge >= 0.3 is 0 Å². The van der Waals surface area contributed by atoms with Gasteiger partial charge in [-0.2, -0.15) is 0 Å². The SMILES string of the molecule is CC(C)[C@@H](CO)NC(=O)c1n[nH]c(C(C)(C)C)n1. The molecular weight excluding hydrogens is 232 g/mol. The Balaban J connectivity index is 2.76. The average Bonchev–Trinajstić information content (AvgIpc) is 2.73. The summed E-state index contributed by atoms with van der Waals surface area (Å²) in [6.45, 7) is 9.72. The Bertz CT molecular complexity index is 406. The third-order valence-corrected chi connectivity index (χ3v) is 2.72. The number of hydrogen-bond donors (Lipinski definition) is 3. The van der Waals surface area contributed by atoms with E-state index in [-0.39, 0.29) is 35.7 Å². The first-order valence-electron chi connectivity index (χ1n) is 6.10. The molecule has 1 atom stereocenters. The van der Waals surface area contributed by atoms with Crippen LogP contribution in [-0.2, 0) is 5.41 Å². The summed E-state index contributed by atoms with van der Waals surface area (Å²) in [4.78, 5) is 16.1. The van der Waals surface area contributed by atoms with Crippen LogP contribution in [0.2, 0.25) is 0 Å². The fourth-order valence-electron chi connectivity index (χ4n) is 1.35. The van der Waals surface area contributed by atoms with Crippen molar-refractivity contribution in [1.29, 1.82) is 0 Å². The molecule has 3 N–H and O–H groups in total. The Labute approximate surface area is 107 Å². The molecule has 1 heterocycles. The molecule has 0 aliphatic carbocycles. The van der Waals surface area contributed by atoms with Gasteiger partial charge in [-0.25, -0.2) is 4.98 Å². The molecule has 1 rings (SSSR count). The molecule has 1 aromatic rings. The molecule has 0 spiro atoms. The molecule has 0 saturated carbocycles. The zero-order chi connectivity index (χ0) is 13.9. The van der Waals surface area contributed by atoms with Crippen molar-refractivity contribution in [2.24, 2.45) is 5.92 Å². The lowest BCUT2D eigenvalue weighted by Crippen LogP contribution is -2.41. The number of hydrogen-bond acceptors (Lipinski definition) is 4. The average molecular weight is 254 g/mol. The minimum atomic E-state index is -0.366. The van der Waals surface area contributed by atoms with Crippen LogP contribution >= 0.6 is 0 Å². The molecule has 102 valence electrons. The fourth-order valence-corrected chi connectivity index (χ4v) is 1.35. The molecular formula is C12H22N4O2. The largest absolute Gasteiger partial charge is 0.394 e. The Morgan fingerprint density at radius 2 is 2.06 bits per heavy atom. The van der Waals surface area contributed by atoms with Crippen LogP contribution in [0.1, 0.15) is 51.1 Å². The Morgan fingerprint density at radius 1 is 1.44 bits per heavy atom. The maximum atomic E-state index is 11.9. The maximum absolute atomic E-state index is 11.9. The zero-order valence-electron chi connectivity index (χ0n) is 11.6. The molecule has 0 saturated heterocycles. The topological polar surface area (TPSA) is 90.9 Å². The van der Waals surface area contributed by atoms with E-state index in [0.717, 1.165) is 0 Å². The maximum Gasteiger partial charge on any atom is 0.291 e. The molecule has 0 aromatic carbocycles. The summed E-state index contributed by atoms with van der Waals surface area (Å²) in [5.74, 6) is 0.561. The second kappa shape index (κ2) is 5.48. The number of aliphatic hydroxyl groups is 1. The molecule has 0 unspecified atom stereocenters. The number of aliphatic hydroxyl groups excluding tert-OH is 1. The summed E-state index contributed by atoms with van der Waals surface area (Å²) < 4.78 is 0. The highest BCUT2D eigenvalue weighted by Gasteiger charge is 2.23. The number of nitrogens with one attached hydrogen (secondary N) is 2. The summed E-state index contributed by atoms with van der Waals surface area (Å²) in [5.41, 5.74) is -0.181. The van der Waals surface area contributed by atoms with Gasteiger partial charge in [-0.3, -0.25) is 9.89 Å². The summed E-state index contributed by atoms with van der Waals surface area (Å²) in [5, 5.41) is 18.5. The number of amides is 1. The highest BCUT2D eigenvalue weighted by molar-refractivity contribution is 5.90. The number of rotatable bonds is 4. The van der Waals surface area contributed by atoms with E-state index in [9.17, 15) is 4.79 Å². The molecule has 0 fully saturated rings. The van der Waals surface area contributed by atoms with Crippen molar-refractivity contribution < 1.29 is 9.90 Å². The van der Waals surface area contributed by atoms with E-state index in [1.165, 1.54) is 0 Å². The predicted octanol–water partition coefficient (Wildman–Crippen LogP) is 0.849. The van der Waals surface area contributed by atoms with Gasteiger partial charge in [0.1, 0.15) is 5.82 Å². The van der Waals surface area contributed by atoms with Gasteiger partial charge in [-0.05, 0) is 5.92 Å². The highest BCUT2D eigenvalue weighted by atomic mass is 16.3. The molecule has 6 nitrogen and oxygen atoms in total. The molecule has 1 aromatic heterocycles. The first-order valence-corrected chi connectivity index (χ1v) is 6.10. The molecule has 0 aliphatic rings. The van der Waals surface area contributed by atoms with Crippen molar-refractivity contribution in [2.75, 3.05) is 6.61 Å². The van der Waals surface area contributed by atoms with Crippen LogP contribution in [-0.4, -0.2) is 38.8 Å². The number of carbonyl (C=O) groups is 1. The lowest BCUT2D eigenvalue weighted by atomic mass is 9.96.